The largest absolute Gasteiger partial charge is 0.355 e. The maximum atomic E-state index is 13.5. The summed E-state index contributed by atoms with van der Waals surface area (Å²) in [5.74, 6) is -0.583. The Hall–Kier alpha value is -2.43. The van der Waals surface area contributed by atoms with Crippen LogP contribution in [0, 0.1) is 17.1 Å². The molecule has 3 rings (SSSR count). The molecule has 0 fully saturated rings. The summed E-state index contributed by atoms with van der Waals surface area (Å²) in [7, 11) is 0. The van der Waals surface area contributed by atoms with Crippen molar-refractivity contribution in [3.05, 3.63) is 56.0 Å². The molecular formula is C15H10ClFN4OS. The molecule has 1 atom stereocenters. The lowest BCUT2D eigenvalue weighted by Gasteiger charge is -2.13. The van der Waals surface area contributed by atoms with Crippen molar-refractivity contribution < 1.29 is 4.39 Å². The molecule has 116 valence electrons. The molecule has 23 heavy (non-hydrogen) atoms. The Morgan fingerprint density at radius 2 is 2.26 bits per heavy atom. The van der Waals surface area contributed by atoms with E-state index in [2.05, 4.69) is 15.3 Å². The van der Waals surface area contributed by atoms with Crippen molar-refractivity contribution in [2.75, 3.05) is 5.32 Å². The molecule has 8 heteroatoms. The quantitative estimate of drug-likeness (QED) is 0.753. The normalized spacial score (nSPS) is 12.1. The number of hydrogen-bond donors (Lipinski definition) is 2. The van der Waals surface area contributed by atoms with Crippen LogP contribution in [0.15, 0.2) is 29.2 Å². The van der Waals surface area contributed by atoms with Gasteiger partial charge in [0.2, 0.25) is 0 Å². The fraction of sp³-hybridized carbons (Fsp3) is 0.133. The zero-order chi connectivity index (χ0) is 16.6. The van der Waals surface area contributed by atoms with E-state index in [1.54, 1.807) is 13.0 Å². The van der Waals surface area contributed by atoms with Crippen molar-refractivity contribution in [2.45, 2.75) is 13.0 Å². The highest BCUT2D eigenvalue weighted by molar-refractivity contribution is 7.16. The average molecular weight is 349 g/mol. The number of hydrogen-bond acceptors (Lipinski definition) is 5. The number of nitrogens with one attached hydrogen (secondary N) is 2. The molecule has 0 aliphatic heterocycles. The number of halogens is 2. The molecule has 2 N–H and O–H groups in total. The first-order valence-electron chi connectivity index (χ1n) is 6.62. The molecule has 0 saturated heterocycles. The Balaban J connectivity index is 1.98. The highest BCUT2D eigenvalue weighted by Gasteiger charge is 2.14. The molecule has 0 saturated carbocycles. The van der Waals surface area contributed by atoms with Crippen molar-refractivity contribution in [3.8, 4) is 6.07 Å². The molecule has 0 radical (unpaired) electrons. The second-order valence-electron chi connectivity index (χ2n) is 4.91. The van der Waals surface area contributed by atoms with Gasteiger partial charge in [-0.1, -0.05) is 22.9 Å². The van der Waals surface area contributed by atoms with E-state index in [9.17, 15) is 9.18 Å². The number of H-pyrrole nitrogens is 1. The van der Waals surface area contributed by atoms with Crippen molar-refractivity contribution in [3.63, 3.8) is 0 Å². The highest BCUT2D eigenvalue weighted by Crippen LogP contribution is 2.25. The van der Waals surface area contributed by atoms with E-state index in [0.29, 0.717) is 26.5 Å². The van der Waals surface area contributed by atoms with Gasteiger partial charge in [-0.15, -0.1) is 0 Å². The lowest BCUT2D eigenvalue weighted by atomic mass is 10.1. The van der Waals surface area contributed by atoms with E-state index in [4.69, 9.17) is 16.9 Å². The van der Waals surface area contributed by atoms with Gasteiger partial charge in [0.25, 0.3) is 5.56 Å². The van der Waals surface area contributed by atoms with Gasteiger partial charge in [0.05, 0.1) is 22.8 Å². The van der Waals surface area contributed by atoms with E-state index < -0.39 is 5.82 Å². The number of aromatic nitrogens is 2. The fourth-order valence-electron chi connectivity index (χ4n) is 2.19. The number of thiazole rings is 1. The van der Waals surface area contributed by atoms with E-state index >= 15 is 0 Å². The molecule has 1 unspecified atom stereocenters. The van der Waals surface area contributed by atoms with Gasteiger partial charge >= 0.3 is 0 Å². The molecule has 0 bridgehead atoms. The minimum absolute atomic E-state index is 0.00491. The molecule has 0 aliphatic rings. The molecule has 0 spiro atoms. The summed E-state index contributed by atoms with van der Waals surface area (Å²) in [5, 5.41) is 13.1. The van der Waals surface area contributed by atoms with Crippen molar-refractivity contribution >= 4 is 39.0 Å². The summed E-state index contributed by atoms with van der Waals surface area (Å²) in [4.78, 5) is 19.4. The van der Waals surface area contributed by atoms with Crippen LogP contribution in [0.1, 0.15) is 23.4 Å². The molecule has 0 amide bonds. The van der Waals surface area contributed by atoms with Gasteiger partial charge in [-0.3, -0.25) is 4.79 Å². The Morgan fingerprint density at radius 3 is 2.96 bits per heavy atom. The fourth-order valence-corrected chi connectivity index (χ4v) is 3.07. The minimum Gasteiger partial charge on any atom is -0.355 e. The second-order valence-corrected chi connectivity index (χ2v) is 6.35. The third kappa shape index (κ3) is 3.04. The lowest BCUT2D eigenvalue weighted by Crippen LogP contribution is -2.19. The molecular weight excluding hydrogens is 339 g/mol. The van der Waals surface area contributed by atoms with E-state index in [1.807, 2.05) is 6.07 Å². The van der Waals surface area contributed by atoms with Gasteiger partial charge in [0, 0.05) is 10.9 Å². The van der Waals surface area contributed by atoms with Crippen molar-refractivity contribution in [2.24, 2.45) is 0 Å². The van der Waals surface area contributed by atoms with Crippen LogP contribution in [-0.2, 0) is 0 Å². The lowest BCUT2D eigenvalue weighted by molar-refractivity contribution is 0.629. The molecule has 1 aromatic carbocycles. The van der Waals surface area contributed by atoms with Gasteiger partial charge in [0.15, 0.2) is 5.13 Å². The van der Waals surface area contributed by atoms with E-state index in [1.165, 1.54) is 29.7 Å². The predicted molar refractivity (Wildman–Crippen MR) is 88.4 cm³/mol. The van der Waals surface area contributed by atoms with E-state index in [-0.39, 0.29) is 16.6 Å². The van der Waals surface area contributed by atoms with Gasteiger partial charge in [0.1, 0.15) is 16.8 Å². The number of nitrogens with zero attached hydrogens (tertiary/aromatic N) is 2. The predicted octanol–water partition coefficient (Wildman–Crippen LogP) is 3.82. The number of nitriles is 1. The number of benzene rings is 1. The second kappa shape index (κ2) is 5.99. The summed E-state index contributed by atoms with van der Waals surface area (Å²) in [6.45, 7) is 1.80. The summed E-state index contributed by atoms with van der Waals surface area (Å²) in [6.07, 6.45) is 1.47. The summed E-state index contributed by atoms with van der Waals surface area (Å²) >= 11 is 6.99. The Morgan fingerprint density at radius 1 is 1.48 bits per heavy atom. The maximum Gasteiger partial charge on any atom is 0.253 e. The highest BCUT2D eigenvalue weighted by atomic mass is 35.5. The van der Waals surface area contributed by atoms with Crippen molar-refractivity contribution in [1.29, 1.82) is 5.26 Å². The number of aromatic amines is 1. The number of pyridine rings is 1. The summed E-state index contributed by atoms with van der Waals surface area (Å²) in [5.41, 5.74) is 0.527. The van der Waals surface area contributed by atoms with Crippen LogP contribution in [0.3, 0.4) is 0 Å². The third-order valence-corrected chi connectivity index (χ3v) is 4.46. The van der Waals surface area contributed by atoms with Gasteiger partial charge in [-0.25, -0.2) is 9.37 Å². The van der Waals surface area contributed by atoms with Crippen LogP contribution in [-0.4, -0.2) is 9.97 Å². The number of rotatable bonds is 3. The van der Waals surface area contributed by atoms with Crippen LogP contribution < -0.4 is 10.9 Å². The zero-order valence-electron chi connectivity index (χ0n) is 11.9. The van der Waals surface area contributed by atoms with E-state index in [0.717, 1.165) is 0 Å². The standard InChI is InChI=1S/C15H10ClFN4OS/c1-7(20-15-19-6-9(5-18)23-15)10-2-8-3-11(16)12(17)4-13(8)21-14(10)22/h2-4,6-7H,1H3,(H,19,20)(H,21,22). The SMILES string of the molecule is CC(Nc1ncc(C#N)s1)c1cc2cc(Cl)c(F)cc2[nH]c1=O. The molecule has 3 aromatic rings. The van der Waals surface area contributed by atoms with Crippen LogP contribution in [0.4, 0.5) is 9.52 Å². The number of anilines is 1. The average Bonchev–Trinajstić information content (AvgIpc) is 2.96. The monoisotopic (exact) mass is 348 g/mol. The molecule has 0 aliphatic carbocycles. The van der Waals surface area contributed by atoms with Crippen LogP contribution in [0.2, 0.25) is 5.02 Å². The minimum atomic E-state index is -0.583. The Bertz CT molecular complexity index is 991. The van der Waals surface area contributed by atoms with Gasteiger partial charge < -0.3 is 10.3 Å². The first kappa shape index (κ1) is 15.5. The summed E-state index contributed by atoms with van der Waals surface area (Å²) in [6, 6.07) is 5.99. The van der Waals surface area contributed by atoms with Gasteiger partial charge in [-0.2, -0.15) is 5.26 Å². The Labute approximate surface area is 139 Å². The molecule has 2 aromatic heterocycles. The maximum absolute atomic E-state index is 13.5. The zero-order valence-corrected chi connectivity index (χ0v) is 13.4. The number of fused-ring (bicyclic) bond motifs is 1. The van der Waals surface area contributed by atoms with Crippen molar-refractivity contribution in [1.82, 2.24) is 9.97 Å². The smallest absolute Gasteiger partial charge is 0.253 e. The van der Waals surface area contributed by atoms with Crippen LogP contribution in [0.5, 0.6) is 0 Å². The van der Waals surface area contributed by atoms with Gasteiger partial charge in [-0.05, 0) is 25.1 Å². The molecule has 5 nitrogen and oxygen atoms in total. The summed E-state index contributed by atoms with van der Waals surface area (Å²) < 4.78 is 13.5. The van der Waals surface area contributed by atoms with Crippen LogP contribution >= 0.6 is 22.9 Å². The topological polar surface area (TPSA) is 81.6 Å². The Kier molecular flexibility index (Phi) is 4.03. The third-order valence-electron chi connectivity index (χ3n) is 3.34. The van der Waals surface area contributed by atoms with Crippen LogP contribution in [0.25, 0.3) is 10.9 Å². The molecule has 2 heterocycles. The first-order valence-corrected chi connectivity index (χ1v) is 7.82. The first-order chi connectivity index (χ1) is 11.0.